The van der Waals surface area contributed by atoms with Crippen molar-refractivity contribution in [2.45, 2.75) is 46.6 Å². The van der Waals surface area contributed by atoms with Crippen LogP contribution in [0.3, 0.4) is 0 Å². The van der Waals surface area contributed by atoms with Gasteiger partial charge in [0.15, 0.2) is 0 Å². The lowest BCUT2D eigenvalue weighted by atomic mass is 10.1. The van der Waals surface area contributed by atoms with E-state index in [1.54, 1.807) is 0 Å². The lowest BCUT2D eigenvalue weighted by Crippen LogP contribution is -2.40. The maximum Gasteiger partial charge on any atom is 0.0112 e. The van der Waals surface area contributed by atoms with Crippen LogP contribution in [-0.4, -0.2) is 62.7 Å². The van der Waals surface area contributed by atoms with Crippen LogP contribution in [0.5, 0.6) is 0 Å². The van der Waals surface area contributed by atoms with Crippen LogP contribution in [0.1, 0.15) is 40.5 Å². The van der Waals surface area contributed by atoms with Gasteiger partial charge in [-0.2, -0.15) is 0 Å². The molecule has 0 amide bonds. The highest BCUT2D eigenvalue weighted by molar-refractivity contribution is 4.69. The first-order valence-corrected chi connectivity index (χ1v) is 7.56. The first-order valence-electron chi connectivity index (χ1n) is 7.56. The molecular formula is C15H35N3. The van der Waals surface area contributed by atoms with Gasteiger partial charge in [0.25, 0.3) is 0 Å². The number of likely N-dealkylation sites (N-methyl/N-ethyl adjacent to an activating group) is 1. The topological polar surface area (TPSA) is 18.5 Å². The maximum absolute atomic E-state index is 3.54. The van der Waals surface area contributed by atoms with E-state index in [-0.39, 0.29) is 0 Å². The Morgan fingerprint density at radius 3 is 2.17 bits per heavy atom. The molecule has 0 fully saturated rings. The SMILES string of the molecule is CCCN(CCN(C)C)C(C)CCNCC(C)C. The number of nitrogens with one attached hydrogen (secondary N) is 1. The normalized spacial score (nSPS) is 13.8. The minimum Gasteiger partial charge on any atom is -0.316 e. The highest BCUT2D eigenvalue weighted by atomic mass is 15.2. The quantitative estimate of drug-likeness (QED) is 0.573. The highest BCUT2D eigenvalue weighted by Crippen LogP contribution is 2.04. The van der Waals surface area contributed by atoms with E-state index in [0.29, 0.717) is 6.04 Å². The van der Waals surface area contributed by atoms with E-state index in [0.717, 1.165) is 25.6 Å². The summed E-state index contributed by atoms with van der Waals surface area (Å²) in [5, 5.41) is 3.54. The van der Waals surface area contributed by atoms with E-state index in [1.165, 1.54) is 25.9 Å². The second-order valence-corrected chi connectivity index (χ2v) is 6.07. The van der Waals surface area contributed by atoms with Gasteiger partial charge in [-0.1, -0.05) is 20.8 Å². The van der Waals surface area contributed by atoms with Gasteiger partial charge in [0.2, 0.25) is 0 Å². The molecule has 0 rings (SSSR count). The van der Waals surface area contributed by atoms with Crippen LogP contribution in [-0.2, 0) is 0 Å². The Morgan fingerprint density at radius 1 is 1.00 bits per heavy atom. The van der Waals surface area contributed by atoms with Gasteiger partial charge in [-0.15, -0.1) is 0 Å². The van der Waals surface area contributed by atoms with E-state index in [9.17, 15) is 0 Å². The van der Waals surface area contributed by atoms with Gasteiger partial charge in [-0.05, 0) is 59.4 Å². The molecule has 0 saturated heterocycles. The molecular weight excluding hydrogens is 222 g/mol. The molecule has 0 aromatic rings. The van der Waals surface area contributed by atoms with Gasteiger partial charge >= 0.3 is 0 Å². The van der Waals surface area contributed by atoms with Crippen LogP contribution in [0.2, 0.25) is 0 Å². The smallest absolute Gasteiger partial charge is 0.0112 e. The van der Waals surface area contributed by atoms with Gasteiger partial charge in [0, 0.05) is 19.1 Å². The molecule has 0 spiro atoms. The Morgan fingerprint density at radius 2 is 1.67 bits per heavy atom. The van der Waals surface area contributed by atoms with Crippen molar-refractivity contribution in [3.63, 3.8) is 0 Å². The third-order valence-electron chi connectivity index (χ3n) is 3.26. The number of hydrogen-bond donors (Lipinski definition) is 1. The molecule has 0 heterocycles. The van der Waals surface area contributed by atoms with Crippen molar-refractivity contribution in [3.05, 3.63) is 0 Å². The van der Waals surface area contributed by atoms with Crippen LogP contribution in [0.25, 0.3) is 0 Å². The zero-order valence-electron chi connectivity index (χ0n) is 13.5. The summed E-state index contributed by atoms with van der Waals surface area (Å²) in [6, 6.07) is 0.685. The van der Waals surface area contributed by atoms with Crippen molar-refractivity contribution in [3.8, 4) is 0 Å². The zero-order valence-corrected chi connectivity index (χ0v) is 13.5. The van der Waals surface area contributed by atoms with Gasteiger partial charge in [0.1, 0.15) is 0 Å². The van der Waals surface area contributed by atoms with Crippen molar-refractivity contribution >= 4 is 0 Å². The molecule has 18 heavy (non-hydrogen) atoms. The minimum absolute atomic E-state index is 0.685. The molecule has 1 N–H and O–H groups in total. The largest absolute Gasteiger partial charge is 0.316 e. The summed E-state index contributed by atoms with van der Waals surface area (Å²) >= 11 is 0. The van der Waals surface area contributed by atoms with Crippen molar-refractivity contribution in [1.29, 1.82) is 0 Å². The molecule has 1 unspecified atom stereocenters. The molecule has 0 bridgehead atoms. The third kappa shape index (κ3) is 9.86. The number of nitrogens with zero attached hydrogens (tertiary/aromatic N) is 2. The molecule has 0 aromatic heterocycles. The Hall–Kier alpha value is -0.120. The summed E-state index contributed by atoms with van der Waals surface area (Å²) in [6.45, 7) is 15.0. The van der Waals surface area contributed by atoms with E-state index in [4.69, 9.17) is 0 Å². The Balaban J connectivity index is 3.86. The monoisotopic (exact) mass is 257 g/mol. The molecule has 0 radical (unpaired) electrons. The van der Waals surface area contributed by atoms with Crippen molar-refractivity contribution in [2.24, 2.45) is 5.92 Å². The highest BCUT2D eigenvalue weighted by Gasteiger charge is 2.12. The van der Waals surface area contributed by atoms with E-state index in [2.05, 4.69) is 56.9 Å². The third-order valence-corrected chi connectivity index (χ3v) is 3.26. The molecule has 1 atom stereocenters. The average Bonchev–Trinajstić information content (AvgIpc) is 2.29. The van der Waals surface area contributed by atoms with Crippen LogP contribution >= 0.6 is 0 Å². The summed E-state index contributed by atoms with van der Waals surface area (Å²) < 4.78 is 0. The molecule has 0 aliphatic heterocycles. The van der Waals surface area contributed by atoms with Crippen molar-refractivity contribution in [2.75, 3.05) is 46.8 Å². The van der Waals surface area contributed by atoms with E-state index >= 15 is 0 Å². The van der Waals surface area contributed by atoms with Crippen molar-refractivity contribution < 1.29 is 0 Å². The second-order valence-electron chi connectivity index (χ2n) is 6.07. The van der Waals surface area contributed by atoms with Crippen molar-refractivity contribution in [1.82, 2.24) is 15.1 Å². The molecule has 0 aromatic carbocycles. The Kier molecular flexibility index (Phi) is 10.7. The molecule has 110 valence electrons. The average molecular weight is 257 g/mol. The van der Waals surface area contributed by atoms with Crippen LogP contribution in [0.15, 0.2) is 0 Å². The fraction of sp³-hybridized carbons (Fsp3) is 1.00. The predicted molar refractivity (Wildman–Crippen MR) is 82.2 cm³/mol. The van der Waals surface area contributed by atoms with Crippen LogP contribution in [0.4, 0.5) is 0 Å². The molecule has 0 aliphatic carbocycles. The number of hydrogen-bond acceptors (Lipinski definition) is 3. The van der Waals surface area contributed by atoms with Gasteiger partial charge < -0.3 is 10.2 Å². The van der Waals surface area contributed by atoms with E-state index in [1.807, 2.05) is 0 Å². The molecule has 3 nitrogen and oxygen atoms in total. The van der Waals surface area contributed by atoms with Gasteiger partial charge in [-0.25, -0.2) is 0 Å². The Labute approximate surface area is 115 Å². The van der Waals surface area contributed by atoms with Crippen LogP contribution in [0, 0.1) is 5.92 Å². The summed E-state index contributed by atoms with van der Waals surface area (Å²) in [7, 11) is 4.30. The standard InChI is InChI=1S/C15H35N3/c1-7-10-18(12-11-17(5)6)15(4)8-9-16-13-14(2)3/h14-16H,7-13H2,1-6H3. The fourth-order valence-corrected chi connectivity index (χ4v) is 2.05. The van der Waals surface area contributed by atoms with Crippen LogP contribution < -0.4 is 5.32 Å². The minimum atomic E-state index is 0.685. The lowest BCUT2D eigenvalue weighted by molar-refractivity contribution is 0.180. The predicted octanol–water partition coefficient (Wildman–Crippen LogP) is 2.28. The summed E-state index contributed by atoms with van der Waals surface area (Å²) in [5.74, 6) is 0.751. The zero-order chi connectivity index (χ0) is 14.0. The van der Waals surface area contributed by atoms with Gasteiger partial charge in [0.05, 0.1) is 0 Å². The fourth-order valence-electron chi connectivity index (χ4n) is 2.05. The molecule has 0 saturated carbocycles. The summed E-state index contributed by atoms with van der Waals surface area (Å²) in [6.07, 6.45) is 2.50. The first-order chi connectivity index (χ1) is 8.47. The second kappa shape index (κ2) is 10.8. The lowest BCUT2D eigenvalue weighted by Gasteiger charge is -2.30. The Bertz CT molecular complexity index is 181. The first kappa shape index (κ1) is 17.9. The summed E-state index contributed by atoms with van der Waals surface area (Å²) in [4.78, 5) is 4.89. The molecule has 0 aliphatic rings. The maximum atomic E-state index is 3.54. The summed E-state index contributed by atoms with van der Waals surface area (Å²) in [5.41, 5.74) is 0. The van der Waals surface area contributed by atoms with Gasteiger partial charge in [-0.3, -0.25) is 4.90 Å². The number of rotatable bonds is 11. The van der Waals surface area contributed by atoms with E-state index < -0.39 is 0 Å². The molecule has 3 heteroatoms.